The first kappa shape index (κ1) is 22.5. The smallest absolute Gasteiger partial charge is 0.264 e. The molecule has 1 aliphatic rings. The summed E-state index contributed by atoms with van der Waals surface area (Å²) in [4.78, 5) is 14.5. The van der Waals surface area contributed by atoms with Gasteiger partial charge in [0.25, 0.3) is 10.0 Å². The second-order valence-corrected chi connectivity index (χ2v) is 9.20. The lowest BCUT2D eigenvalue weighted by molar-refractivity contribution is -0.111. The van der Waals surface area contributed by atoms with Gasteiger partial charge in [-0.25, -0.2) is 8.42 Å². The van der Waals surface area contributed by atoms with E-state index in [-0.39, 0.29) is 4.90 Å². The Balaban J connectivity index is 1.61. The van der Waals surface area contributed by atoms with Gasteiger partial charge in [0.15, 0.2) is 0 Å². The molecule has 1 fully saturated rings. The predicted octanol–water partition coefficient (Wildman–Crippen LogP) is 4.34. The fourth-order valence-electron chi connectivity index (χ4n) is 3.62. The molecular formula is C24H25N3O5S. The molecule has 0 radical (unpaired) electrons. The Morgan fingerprint density at radius 3 is 2.45 bits per heavy atom. The predicted molar refractivity (Wildman–Crippen MR) is 128 cm³/mol. The molecule has 2 N–H and O–H groups in total. The Kier molecular flexibility index (Phi) is 6.69. The molecule has 4 rings (SSSR count). The minimum atomic E-state index is -3.92. The van der Waals surface area contributed by atoms with Crippen molar-refractivity contribution in [3.63, 3.8) is 0 Å². The summed E-state index contributed by atoms with van der Waals surface area (Å²) >= 11 is 0. The molecule has 0 aliphatic carbocycles. The first-order valence-electron chi connectivity index (χ1n) is 10.5. The number of benzene rings is 2. The molecule has 3 aromatic rings. The maximum Gasteiger partial charge on any atom is 0.264 e. The van der Waals surface area contributed by atoms with E-state index in [1.54, 1.807) is 55.6 Å². The van der Waals surface area contributed by atoms with E-state index in [1.807, 2.05) is 4.90 Å². The maximum atomic E-state index is 13.3. The fourth-order valence-corrected chi connectivity index (χ4v) is 4.93. The molecule has 172 valence electrons. The van der Waals surface area contributed by atoms with Gasteiger partial charge in [0.2, 0.25) is 5.91 Å². The third kappa shape index (κ3) is 5.56. The number of ether oxygens (including phenoxy) is 1. The number of nitrogens with zero attached hydrogens (tertiary/aromatic N) is 1. The number of anilines is 3. The molecule has 2 aromatic carbocycles. The highest BCUT2D eigenvalue weighted by Crippen LogP contribution is 2.32. The van der Waals surface area contributed by atoms with Crippen LogP contribution < -0.4 is 19.7 Å². The summed E-state index contributed by atoms with van der Waals surface area (Å²) in [5.74, 6) is 0.774. The standard InChI is InChI=1S/C24H25N3O5S/c1-31-20-9-6-18(7-10-20)26-33(29,30)23-17-19(8-12-22(23)27-14-2-3-15-27)25-24(28)13-11-21-5-4-16-32-21/h4-13,16-17,26H,2-3,14-15H2,1H3,(H,25,28). The summed E-state index contributed by atoms with van der Waals surface area (Å²) < 4.78 is 39.6. The van der Waals surface area contributed by atoms with E-state index in [0.29, 0.717) is 28.6 Å². The first-order valence-corrected chi connectivity index (χ1v) is 12.0. The van der Waals surface area contributed by atoms with Crippen molar-refractivity contribution in [1.82, 2.24) is 0 Å². The Hall–Kier alpha value is -3.72. The number of hydrogen-bond acceptors (Lipinski definition) is 6. The van der Waals surface area contributed by atoms with Crippen LogP contribution in [0.4, 0.5) is 17.1 Å². The van der Waals surface area contributed by atoms with E-state index >= 15 is 0 Å². The monoisotopic (exact) mass is 467 g/mol. The SMILES string of the molecule is COc1ccc(NS(=O)(=O)c2cc(NC(=O)C=Cc3ccco3)ccc2N2CCCC2)cc1. The van der Waals surface area contributed by atoms with E-state index < -0.39 is 15.9 Å². The Bertz CT molecular complexity index is 1230. The topological polar surface area (TPSA) is 101 Å². The van der Waals surface area contributed by atoms with Crippen molar-refractivity contribution < 1.29 is 22.4 Å². The van der Waals surface area contributed by atoms with Crippen molar-refractivity contribution >= 4 is 39.1 Å². The highest BCUT2D eigenvalue weighted by atomic mass is 32.2. The van der Waals surface area contributed by atoms with Crippen LogP contribution in [0.1, 0.15) is 18.6 Å². The molecule has 1 saturated heterocycles. The van der Waals surface area contributed by atoms with Gasteiger partial charge in [-0.3, -0.25) is 9.52 Å². The molecular weight excluding hydrogens is 442 g/mol. The van der Waals surface area contributed by atoms with E-state index in [9.17, 15) is 13.2 Å². The van der Waals surface area contributed by atoms with E-state index in [0.717, 1.165) is 25.9 Å². The van der Waals surface area contributed by atoms with Gasteiger partial charge in [0, 0.05) is 30.5 Å². The molecule has 0 bridgehead atoms. The van der Waals surface area contributed by atoms with Crippen molar-refractivity contribution in [3.8, 4) is 5.75 Å². The zero-order valence-corrected chi connectivity index (χ0v) is 19.0. The molecule has 1 amide bonds. The van der Waals surface area contributed by atoms with Crippen LogP contribution in [0.15, 0.2) is 76.2 Å². The number of rotatable bonds is 8. The van der Waals surface area contributed by atoms with E-state index in [2.05, 4.69) is 10.0 Å². The number of carbonyl (C=O) groups excluding carboxylic acids is 1. The summed E-state index contributed by atoms with van der Waals surface area (Å²) in [6, 6.07) is 15.0. The Morgan fingerprint density at radius 1 is 1.06 bits per heavy atom. The molecule has 8 nitrogen and oxygen atoms in total. The summed E-state index contributed by atoms with van der Waals surface area (Å²) in [5.41, 5.74) is 1.40. The van der Waals surface area contributed by atoms with Crippen molar-refractivity contribution in [2.24, 2.45) is 0 Å². The number of amides is 1. The first-order chi connectivity index (χ1) is 15.9. The van der Waals surface area contributed by atoms with Crippen molar-refractivity contribution in [2.75, 3.05) is 35.1 Å². The fraction of sp³-hybridized carbons (Fsp3) is 0.208. The van der Waals surface area contributed by atoms with Gasteiger partial charge in [-0.05, 0) is 73.5 Å². The summed E-state index contributed by atoms with van der Waals surface area (Å²) in [6.45, 7) is 1.56. The van der Waals surface area contributed by atoms with Crippen LogP contribution in [0.3, 0.4) is 0 Å². The van der Waals surface area contributed by atoms with Gasteiger partial charge in [-0.15, -0.1) is 0 Å². The minimum Gasteiger partial charge on any atom is -0.497 e. The number of carbonyl (C=O) groups is 1. The number of hydrogen-bond donors (Lipinski definition) is 2. The minimum absolute atomic E-state index is 0.105. The lowest BCUT2D eigenvalue weighted by atomic mass is 10.2. The van der Waals surface area contributed by atoms with Crippen molar-refractivity contribution in [1.29, 1.82) is 0 Å². The van der Waals surface area contributed by atoms with Gasteiger partial charge in [-0.1, -0.05) is 0 Å². The molecule has 1 aromatic heterocycles. The van der Waals surface area contributed by atoms with Crippen molar-refractivity contribution in [3.05, 3.63) is 72.7 Å². The number of methoxy groups -OCH3 is 1. The molecule has 1 aliphatic heterocycles. The van der Waals surface area contributed by atoms with Gasteiger partial charge < -0.3 is 19.4 Å². The van der Waals surface area contributed by atoms with Crippen LogP contribution in [0.2, 0.25) is 0 Å². The highest BCUT2D eigenvalue weighted by Gasteiger charge is 2.25. The molecule has 0 saturated carbocycles. The zero-order chi connectivity index (χ0) is 23.3. The maximum absolute atomic E-state index is 13.3. The number of nitrogens with one attached hydrogen (secondary N) is 2. The average molecular weight is 468 g/mol. The second-order valence-electron chi connectivity index (χ2n) is 7.55. The Labute approximate surface area is 192 Å². The Morgan fingerprint density at radius 2 is 1.79 bits per heavy atom. The molecule has 9 heteroatoms. The van der Waals surface area contributed by atoms with Crippen LogP contribution in [-0.4, -0.2) is 34.5 Å². The van der Waals surface area contributed by atoms with Gasteiger partial charge in [0.1, 0.15) is 16.4 Å². The van der Waals surface area contributed by atoms with Crippen LogP contribution in [0.25, 0.3) is 6.08 Å². The van der Waals surface area contributed by atoms with Gasteiger partial charge in [0.05, 0.1) is 19.1 Å². The average Bonchev–Trinajstić information content (AvgIpc) is 3.52. The third-order valence-corrected chi connectivity index (χ3v) is 6.66. The zero-order valence-electron chi connectivity index (χ0n) is 18.2. The molecule has 33 heavy (non-hydrogen) atoms. The van der Waals surface area contributed by atoms with E-state index in [4.69, 9.17) is 9.15 Å². The lowest BCUT2D eigenvalue weighted by Crippen LogP contribution is -2.23. The molecule has 0 spiro atoms. The van der Waals surface area contributed by atoms with Crippen molar-refractivity contribution in [2.45, 2.75) is 17.7 Å². The molecule has 0 unspecified atom stereocenters. The van der Waals surface area contributed by atoms with Crippen LogP contribution >= 0.6 is 0 Å². The van der Waals surface area contributed by atoms with Crippen LogP contribution in [-0.2, 0) is 14.8 Å². The third-order valence-electron chi connectivity index (χ3n) is 5.25. The van der Waals surface area contributed by atoms with E-state index in [1.165, 1.54) is 24.5 Å². The summed E-state index contributed by atoms with van der Waals surface area (Å²) in [5, 5.41) is 2.72. The van der Waals surface area contributed by atoms with Crippen LogP contribution in [0, 0.1) is 0 Å². The van der Waals surface area contributed by atoms with Gasteiger partial charge in [-0.2, -0.15) is 0 Å². The lowest BCUT2D eigenvalue weighted by Gasteiger charge is -2.22. The quantitative estimate of drug-likeness (QED) is 0.478. The number of furan rings is 1. The summed E-state index contributed by atoms with van der Waals surface area (Å²) in [7, 11) is -2.38. The largest absolute Gasteiger partial charge is 0.497 e. The highest BCUT2D eigenvalue weighted by molar-refractivity contribution is 7.92. The molecule has 2 heterocycles. The number of sulfonamides is 1. The molecule has 0 atom stereocenters. The second kappa shape index (κ2) is 9.83. The normalized spacial score (nSPS) is 13.9. The van der Waals surface area contributed by atoms with Gasteiger partial charge >= 0.3 is 0 Å². The van der Waals surface area contributed by atoms with Crippen LogP contribution in [0.5, 0.6) is 5.75 Å². The summed E-state index contributed by atoms with van der Waals surface area (Å²) in [6.07, 6.45) is 6.39.